The van der Waals surface area contributed by atoms with Crippen LogP contribution >= 0.6 is 0 Å². The molecule has 0 spiro atoms. The Morgan fingerprint density at radius 3 is 2.61 bits per heavy atom. The molecule has 1 N–H and O–H groups in total. The number of benzene rings is 1. The molecule has 1 aliphatic rings. The van der Waals surface area contributed by atoms with E-state index in [1.54, 1.807) is 0 Å². The fourth-order valence-electron chi connectivity index (χ4n) is 2.92. The smallest absolute Gasteiger partial charge is 0.0325 e. The molecule has 1 heteroatoms. The van der Waals surface area contributed by atoms with Gasteiger partial charge in [-0.15, -0.1) is 0 Å². The van der Waals surface area contributed by atoms with Crippen LogP contribution in [0.4, 0.5) is 0 Å². The molecule has 1 unspecified atom stereocenters. The van der Waals surface area contributed by atoms with E-state index in [1.807, 2.05) is 0 Å². The molecular formula is C17H27N. The average molecular weight is 245 g/mol. The van der Waals surface area contributed by atoms with Crippen LogP contribution in [0.5, 0.6) is 0 Å². The van der Waals surface area contributed by atoms with Crippen molar-refractivity contribution in [1.29, 1.82) is 0 Å². The second kappa shape index (κ2) is 6.38. The molecule has 2 rings (SSSR count). The van der Waals surface area contributed by atoms with E-state index in [0.717, 1.165) is 12.5 Å². The summed E-state index contributed by atoms with van der Waals surface area (Å²) >= 11 is 0. The Bertz CT molecular complexity index is 379. The second-order valence-corrected chi connectivity index (χ2v) is 5.90. The molecule has 1 aliphatic carbocycles. The normalized spacial score (nSPS) is 17.5. The Labute approximate surface area is 112 Å². The van der Waals surface area contributed by atoms with E-state index in [-0.39, 0.29) is 0 Å². The minimum absolute atomic E-state index is 0.566. The van der Waals surface area contributed by atoms with E-state index >= 15 is 0 Å². The highest BCUT2D eigenvalue weighted by Gasteiger charge is 2.23. The van der Waals surface area contributed by atoms with Gasteiger partial charge in [0.05, 0.1) is 0 Å². The van der Waals surface area contributed by atoms with Gasteiger partial charge < -0.3 is 5.32 Å². The molecular weight excluding hydrogens is 218 g/mol. The molecule has 1 nitrogen and oxygen atoms in total. The summed E-state index contributed by atoms with van der Waals surface area (Å²) in [7, 11) is 0. The lowest BCUT2D eigenvalue weighted by Gasteiger charge is -2.31. The van der Waals surface area contributed by atoms with E-state index in [2.05, 4.69) is 44.3 Å². The molecule has 0 aliphatic heterocycles. The summed E-state index contributed by atoms with van der Waals surface area (Å²) in [5.41, 5.74) is 4.33. The minimum atomic E-state index is 0.566. The van der Waals surface area contributed by atoms with Gasteiger partial charge in [0.25, 0.3) is 0 Å². The van der Waals surface area contributed by atoms with Crippen molar-refractivity contribution in [3.05, 3.63) is 34.9 Å². The zero-order valence-corrected chi connectivity index (χ0v) is 12.1. The van der Waals surface area contributed by atoms with E-state index in [9.17, 15) is 0 Å². The van der Waals surface area contributed by atoms with Gasteiger partial charge in [-0.3, -0.25) is 0 Å². The van der Waals surface area contributed by atoms with Crippen molar-refractivity contribution in [3.63, 3.8) is 0 Å². The number of aryl methyl sites for hydroxylation is 2. The van der Waals surface area contributed by atoms with Crippen molar-refractivity contribution >= 4 is 0 Å². The predicted octanol–water partition coefficient (Wildman–Crippen LogP) is 4.53. The number of rotatable bonds is 6. The maximum atomic E-state index is 3.75. The number of hydrogen-bond donors (Lipinski definition) is 1. The maximum Gasteiger partial charge on any atom is 0.0325 e. The maximum absolute atomic E-state index is 3.75. The molecule has 1 aromatic rings. The van der Waals surface area contributed by atoms with Crippen molar-refractivity contribution in [2.45, 2.75) is 58.9 Å². The molecule has 0 heterocycles. The van der Waals surface area contributed by atoms with E-state index in [4.69, 9.17) is 0 Å². The molecule has 1 fully saturated rings. The van der Waals surface area contributed by atoms with Gasteiger partial charge in [-0.25, -0.2) is 0 Å². The van der Waals surface area contributed by atoms with Gasteiger partial charge in [-0.05, 0) is 50.3 Å². The van der Waals surface area contributed by atoms with Crippen LogP contribution in [0.15, 0.2) is 18.2 Å². The zero-order chi connectivity index (χ0) is 13.0. The zero-order valence-electron chi connectivity index (χ0n) is 12.1. The van der Waals surface area contributed by atoms with Gasteiger partial charge in [0.1, 0.15) is 0 Å². The summed E-state index contributed by atoms with van der Waals surface area (Å²) in [6, 6.07) is 7.47. The van der Waals surface area contributed by atoms with Crippen LogP contribution < -0.4 is 5.32 Å². The summed E-state index contributed by atoms with van der Waals surface area (Å²) in [6.07, 6.45) is 6.86. The van der Waals surface area contributed by atoms with Gasteiger partial charge in [-0.1, -0.05) is 49.9 Å². The third-order valence-corrected chi connectivity index (χ3v) is 4.24. The van der Waals surface area contributed by atoms with Crippen molar-refractivity contribution in [2.24, 2.45) is 5.92 Å². The molecule has 18 heavy (non-hydrogen) atoms. The van der Waals surface area contributed by atoms with Crippen molar-refractivity contribution in [3.8, 4) is 0 Å². The summed E-state index contributed by atoms with van der Waals surface area (Å²) < 4.78 is 0. The van der Waals surface area contributed by atoms with Crippen LogP contribution in [-0.2, 0) is 0 Å². The van der Waals surface area contributed by atoms with E-state index < -0.39 is 0 Å². The van der Waals surface area contributed by atoms with E-state index in [1.165, 1.54) is 48.8 Å². The minimum Gasteiger partial charge on any atom is -0.310 e. The molecule has 0 bridgehead atoms. The molecule has 0 aromatic heterocycles. The predicted molar refractivity (Wildman–Crippen MR) is 78.9 cm³/mol. The molecule has 1 aromatic carbocycles. The summed E-state index contributed by atoms with van der Waals surface area (Å²) in [6.45, 7) is 7.81. The molecule has 0 amide bonds. The van der Waals surface area contributed by atoms with Gasteiger partial charge in [-0.2, -0.15) is 0 Å². The molecule has 0 saturated heterocycles. The van der Waals surface area contributed by atoms with Crippen molar-refractivity contribution < 1.29 is 0 Å². The Morgan fingerprint density at radius 1 is 1.28 bits per heavy atom. The Kier molecular flexibility index (Phi) is 4.82. The lowest BCUT2D eigenvalue weighted by atomic mass is 9.79. The van der Waals surface area contributed by atoms with Crippen LogP contribution in [0.3, 0.4) is 0 Å². The van der Waals surface area contributed by atoms with E-state index in [0.29, 0.717) is 6.04 Å². The molecule has 100 valence electrons. The quantitative estimate of drug-likeness (QED) is 0.776. The third-order valence-electron chi connectivity index (χ3n) is 4.24. The first-order chi connectivity index (χ1) is 8.70. The largest absolute Gasteiger partial charge is 0.310 e. The monoisotopic (exact) mass is 245 g/mol. The second-order valence-electron chi connectivity index (χ2n) is 5.90. The fourth-order valence-corrected chi connectivity index (χ4v) is 2.92. The standard InChI is InChI=1S/C17H27N/c1-4-10-18-17(12-15-6-5-7-15)16-9-8-13(2)11-14(16)3/h8-9,11,15,17-18H,4-7,10,12H2,1-3H3. The highest BCUT2D eigenvalue weighted by molar-refractivity contribution is 5.32. The summed E-state index contributed by atoms with van der Waals surface area (Å²) in [4.78, 5) is 0. The Hall–Kier alpha value is -0.820. The van der Waals surface area contributed by atoms with Crippen LogP contribution in [0.2, 0.25) is 0 Å². The highest BCUT2D eigenvalue weighted by Crippen LogP contribution is 2.35. The highest BCUT2D eigenvalue weighted by atomic mass is 14.9. The Balaban J connectivity index is 2.09. The SMILES string of the molecule is CCCNC(CC1CCC1)c1ccc(C)cc1C. The first-order valence-corrected chi connectivity index (χ1v) is 7.51. The van der Waals surface area contributed by atoms with Gasteiger partial charge in [0, 0.05) is 6.04 Å². The van der Waals surface area contributed by atoms with Gasteiger partial charge in [0.2, 0.25) is 0 Å². The van der Waals surface area contributed by atoms with Crippen LogP contribution in [0.1, 0.15) is 61.8 Å². The van der Waals surface area contributed by atoms with Crippen molar-refractivity contribution in [1.82, 2.24) is 5.32 Å². The van der Waals surface area contributed by atoms with Crippen LogP contribution in [-0.4, -0.2) is 6.54 Å². The molecule has 1 saturated carbocycles. The summed E-state index contributed by atoms with van der Waals surface area (Å²) in [5, 5.41) is 3.75. The average Bonchev–Trinajstić information content (AvgIpc) is 2.28. The Morgan fingerprint density at radius 2 is 2.06 bits per heavy atom. The lowest BCUT2D eigenvalue weighted by molar-refractivity contribution is 0.261. The van der Waals surface area contributed by atoms with Gasteiger partial charge >= 0.3 is 0 Å². The third kappa shape index (κ3) is 3.35. The van der Waals surface area contributed by atoms with Crippen LogP contribution in [0.25, 0.3) is 0 Å². The van der Waals surface area contributed by atoms with Crippen LogP contribution in [0, 0.1) is 19.8 Å². The lowest BCUT2D eigenvalue weighted by Crippen LogP contribution is -2.27. The number of nitrogens with one attached hydrogen (secondary N) is 1. The number of hydrogen-bond acceptors (Lipinski definition) is 1. The molecule has 0 radical (unpaired) electrons. The molecule has 1 atom stereocenters. The fraction of sp³-hybridized carbons (Fsp3) is 0.647. The topological polar surface area (TPSA) is 12.0 Å². The van der Waals surface area contributed by atoms with Gasteiger partial charge in [0.15, 0.2) is 0 Å². The summed E-state index contributed by atoms with van der Waals surface area (Å²) in [5.74, 6) is 0.958. The van der Waals surface area contributed by atoms with Crippen molar-refractivity contribution in [2.75, 3.05) is 6.54 Å². The first-order valence-electron chi connectivity index (χ1n) is 7.51. The first kappa shape index (κ1) is 13.6.